The Morgan fingerprint density at radius 2 is 1.57 bits per heavy atom. The summed E-state index contributed by atoms with van der Waals surface area (Å²) in [4.78, 5) is 25.2. The lowest BCUT2D eigenvalue weighted by Gasteiger charge is -2.36. The number of allylic oxidation sites excluding steroid dienone is 2. The molecule has 1 fully saturated rings. The summed E-state index contributed by atoms with van der Waals surface area (Å²) in [5.41, 5.74) is 0. The highest BCUT2D eigenvalue weighted by Gasteiger charge is 2.37. The molecule has 9 heteroatoms. The minimum absolute atomic E-state index is 0.144. The van der Waals surface area contributed by atoms with Gasteiger partial charge in [-0.25, -0.2) is 5.14 Å². The fourth-order valence-corrected chi connectivity index (χ4v) is 3.43. The summed E-state index contributed by atoms with van der Waals surface area (Å²) < 4.78 is 23.6. The summed E-state index contributed by atoms with van der Waals surface area (Å²) in [5, 5.41) is 14.2. The van der Waals surface area contributed by atoms with Gasteiger partial charge in [-0.2, -0.15) is 12.7 Å². The van der Waals surface area contributed by atoms with Gasteiger partial charge in [0.2, 0.25) is 5.91 Å². The lowest BCUT2D eigenvalue weighted by atomic mass is 9.82. The second-order valence-electron chi connectivity index (χ2n) is 5.26. The Kier molecular flexibility index (Phi) is 4.64. The summed E-state index contributed by atoms with van der Waals surface area (Å²) in [6.45, 7) is 0.763. The van der Waals surface area contributed by atoms with Crippen molar-refractivity contribution in [3.63, 3.8) is 0 Å². The number of nitrogens with two attached hydrogens (primary N) is 1. The van der Waals surface area contributed by atoms with Crippen molar-refractivity contribution in [2.45, 2.75) is 12.8 Å². The van der Waals surface area contributed by atoms with Gasteiger partial charge in [0.25, 0.3) is 10.2 Å². The molecule has 0 bridgehead atoms. The zero-order valence-corrected chi connectivity index (χ0v) is 12.3. The summed E-state index contributed by atoms with van der Waals surface area (Å²) in [6.07, 6.45) is 4.36. The molecule has 0 unspecified atom stereocenters. The smallest absolute Gasteiger partial charge is 0.307 e. The van der Waals surface area contributed by atoms with Crippen LogP contribution >= 0.6 is 0 Å². The highest BCUT2D eigenvalue weighted by Crippen LogP contribution is 2.28. The van der Waals surface area contributed by atoms with Crippen LogP contribution in [0.25, 0.3) is 0 Å². The van der Waals surface area contributed by atoms with E-state index in [1.807, 2.05) is 6.08 Å². The average Bonchev–Trinajstić information content (AvgIpc) is 2.45. The van der Waals surface area contributed by atoms with Gasteiger partial charge in [-0.15, -0.1) is 0 Å². The molecule has 21 heavy (non-hydrogen) atoms. The van der Waals surface area contributed by atoms with Crippen LogP contribution in [0.15, 0.2) is 12.2 Å². The average molecular weight is 317 g/mol. The van der Waals surface area contributed by atoms with Crippen LogP contribution in [0.4, 0.5) is 0 Å². The van der Waals surface area contributed by atoms with Gasteiger partial charge < -0.3 is 10.0 Å². The van der Waals surface area contributed by atoms with Gasteiger partial charge in [0.1, 0.15) is 0 Å². The molecule has 1 heterocycles. The molecule has 2 atom stereocenters. The van der Waals surface area contributed by atoms with Crippen molar-refractivity contribution in [2.24, 2.45) is 17.0 Å². The SMILES string of the molecule is NS(=O)(=O)N1CCN(C(=O)[C@@H]2CC=CC[C@@H]2C(=O)O)CC1. The molecule has 0 saturated carbocycles. The minimum atomic E-state index is -3.73. The lowest BCUT2D eigenvalue weighted by Crippen LogP contribution is -2.54. The molecule has 0 aromatic rings. The molecule has 0 aromatic carbocycles. The van der Waals surface area contributed by atoms with Crippen LogP contribution in [-0.4, -0.2) is 60.8 Å². The third-order valence-electron chi connectivity index (χ3n) is 3.98. The maximum Gasteiger partial charge on any atom is 0.307 e. The number of piperazine rings is 1. The number of carboxylic acid groups (broad SMARTS) is 1. The van der Waals surface area contributed by atoms with E-state index in [-0.39, 0.29) is 32.1 Å². The van der Waals surface area contributed by atoms with E-state index in [1.165, 1.54) is 4.90 Å². The van der Waals surface area contributed by atoms with E-state index < -0.39 is 28.0 Å². The number of hydrogen-bond acceptors (Lipinski definition) is 4. The van der Waals surface area contributed by atoms with Crippen LogP contribution in [0.1, 0.15) is 12.8 Å². The minimum Gasteiger partial charge on any atom is -0.481 e. The second kappa shape index (κ2) is 6.12. The van der Waals surface area contributed by atoms with Crippen LogP contribution in [0, 0.1) is 11.8 Å². The summed E-state index contributed by atoms with van der Waals surface area (Å²) in [6, 6.07) is 0. The highest BCUT2D eigenvalue weighted by molar-refractivity contribution is 7.86. The predicted molar refractivity (Wildman–Crippen MR) is 74.3 cm³/mol. The first-order valence-electron chi connectivity index (χ1n) is 6.75. The van der Waals surface area contributed by atoms with Crippen molar-refractivity contribution < 1.29 is 23.1 Å². The number of carbonyl (C=O) groups excluding carboxylic acids is 1. The van der Waals surface area contributed by atoms with Gasteiger partial charge in [0.15, 0.2) is 0 Å². The molecular weight excluding hydrogens is 298 g/mol. The zero-order chi connectivity index (χ0) is 15.6. The van der Waals surface area contributed by atoms with Crippen molar-refractivity contribution in [1.29, 1.82) is 0 Å². The van der Waals surface area contributed by atoms with Crippen molar-refractivity contribution in [3.05, 3.63) is 12.2 Å². The van der Waals surface area contributed by atoms with Gasteiger partial charge in [-0.3, -0.25) is 9.59 Å². The van der Waals surface area contributed by atoms with E-state index in [0.29, 0.717) is 12.8 Å². The molecule has 0 aromatic heterocycles. The maximum absolute atomic E-state index is 12.5. The number of amides is 1. The number of hydrogen-bond donors (Lipinski definition) is 2. The van der Waals surface area contributed by atoms with Gasteiger partial charge in [-0.05, 0) is 12.8 Å². The van der Waals surface area contributed by atoms with Crippen molar-refractivity contribution in [2.75, 3.05) is 26.2 Å². The monoisotopic (exact) mass is 317 g/mol. The number of aliphatic carboxylic acids is 1. The second-order valence-corrected chi connectivity index (χ2v) is 6.81. The van der Waals surface area contributed by atoms with Crippen LogP contribution < -0.4 is 5.14 Å². The molecule has 8 nitrogen and oxygen atoms in total. The Hall–Kier alpha value is -1.45. The highest BCUT2D eigenvalue weighted by atomic mass is 32.2. The Morgan fingerprint density at radius 1 is 1.05 bits per heavy atom. The first-order chi connectivity index (χ1) is 9.80. The molecule has 2 rings (SSSR count). The van der Waals surface area contributed by atoms with E-state index in [2.05, 4.69) is 0 Å². The predicted octanol–water partition coefficient (Wildman–Crippen LogP) is -0.999. The molecule has 0 radical (unpaired) electrons. The molecule has 2 aliphatic rings. The standard InChI is InChI=1S/C12H19N3O5S/c13-21(19,20)15-7-5-14(6-8-15)11(16)9-3-1-2-4-10(9)12(17)18/h1-2,9-10H,3-8H2,(H,17,18)(H2,13,19,20)/t9-,10+/m1/s1. The van der Waals surface area contributed by atoms with E-state index in [1.54, 1.807) is 6.08 Å². The first kappa shape index (κ1) is 15.9. The van der Waals surface area contributed by atoms with Crippen molar-refractivity contribution in [3.8, 4) is 0 Å². The fraction of sp³-hybridized carbons (Fsp3) is 0.667. The van der Waals surface area contributed by atoms with E-state index >= 15 is 0 Å². The van der Waals surface area contributed by atoms with Crippen LogP contribution in [0.2, 0.25) is 0 Å². The van der Waals surface area contributed by atoms with Gasteiger partial charge in [-0.1, -0.05) is 12.2 Å². The van der Waals surface area contributed by atoms with E-state index in [9.17, 15) is 23.1 Å². The van der Waals surface area contributed by atoms with Crippen molar-refractivity contribution in [1.82, 2.24) is 9.21 Å². The molecule has 1 amide bonds. The third kappa shape index (κ3) is 3.60. The zero-order valence-electron chi connectivity index (χ0n) is 11.5. The third-order valence-corrected chi connectivity index (χ3v) is 5.06. The number of rotatable bonds is 3. The number of carboxylic acids is 1. The van der Waals surface area contributed by atoms with Crippen molar-refractivity contribution >= 4 is 22.1 Å². The lowest BCUT2D eigenvalue weighted by molar-refractivity contribution is -0.151. The Balaban J connectivity index is 2.01. The quantitative estimate of drug-likeness (QED) is 0.647. The molecule has 1 saturated heterocycles. The molecular formula is C12H19N3O5S. The summed E-state index contributed by atoms with van der Waals surface area (Å²) in [5.74, 6) is -2.48. The molecule has 1 aliphatic heterocycles. The number of carbonyl (C=O) groups is 2. The Bertz CT molecular complexity index is 551. The van der Waals surface area contributed by atoms with Crippen LogP contribution in [0.5, 0.6) is 0 Å². The fourth-order valence-electron chi connectivity index (χ4n) is 2.76. The molecule has 0 spiro atoms. The number of nitrogens with zero attached hydrogens (tertiary/aromatic N) is 2. The van der Waals surface area contributed by atoms with E-state index in [4.69, 9.17) is 5.14 Å². The summed E-state index contributed by atoms with van der Waals surface area (Å²) in [7, 11) is -3.73. The normalized spacial score (nSPS) is 27.6. The van der Waals surface area contributed by atoms with Crippen LogP contribution in [-0.2, 0) is 19.8 Å². The van der Waals surface area contributed by atoms with Gasteiger partial charge in [0.05, 0.1) is 11.8 Å². The first-order valence-corrected chi connectivity index (χ1v) is 8.25. The maximum atomic E-state index is 12.5. The van der Waals surface area contributed by atoms with Crippen LogP contribution in [0.3, 0.4) is 0 Å². The Labute approximate surface area is 123 Å². The molecule has 118 valence electrons. The Morgan fingerprint density at radius 3 is 2.05 bits per heavy atom. The largest absolute Gasteiger partial charge is 0.481 e. The molecule has 1 aliphatic carbocycles. The topological polar surface area (TPSA) is 121 Å². The van der Waals surface area contributed by atoms with Gasteiger partial charge >= 0.3 is 5.97 Å². The molecule has 3 N–H and O–H groups in total. The van der Waals surface area contributed by atoms with E-state index in [0.717, 1.165) is 4.31 Å². The summed E-state index contributed by atoms with van der Waals surface area (Å²) >= 11 is 0. The van der Waals surface area contributed by atoms with Gasteiger partial charge in [0, 0.05) is 26.2 Å².